The van der Waals surface area contributed by atoms with Crippen molar-refractivity contribution >= 4 is 11.8 Å². The van der Waals surface area contributed by atoms with Gasteiger partial charge in [0.2, 0.25) is 5.91 Å². The van der Waals surface area contributed by atoms with E-state index in [1.165, 1.54) is 11.1 Å². The summed E-state index contributed by atoms with van der Waals surface area (Å²) in [5.41, 5.74) is 4.17. The Morgan fingerprint density at radius 2 is 1.74 bits per heavy atom. The van der Waals surface area contributed by atoms with E-state index in [-0.39, 0.29) is 23.8 Å². The normalized spacial score (nSPS) is 17.1. The largest absolute Gasteiger partial charge is 0.347 e. The third kappa shape index (κ3) is 4.57. The fourth-order valence-corrected chi connectivity index (χ4v) is 3.63. The van der Waals surface area contributed by atoms with E-state index in [2.05, 4.69) is 22.8 Å². The maximum atomic E-state index is 13.0. The van der Waals surface area contributed by atoms with Crippen molar-refractivity contribution in [2.45, 2.75) is 52.1 Å². The molecule has 0 aliphatic heterocycles. The van der Waals surface area contributed by atoms with Gasteiger partial charge in [0.25, 0.3) is 5.91 Å². The molecular weight excluding hydrogens is 336 g/mol. The van der Waals surface area contributed by atoms with Gasteiger partial charge < -0.3 is 10.6 Å². The minimum atomic E-state index is -0.562. The van der Waals surface area contributed by atoms with Crippen molar-refractivity contribution in [1.29, 1.82) is 0 Å². The van der Waals surface area contributed by atoms with Crippen molar-refractivity contribution in [2.75, 3.05) is 0 Å². The summed E-state index contributed by atoms with van der Waals surface area (Å²) in [4.78, 5) is 25.5. The van der Waals surface area contributed by atoms with E-state index in [0.29, 0.717) is 5.56 Å². The molecule has 0 unspecified atom stereocenters. The summed E-state index contributed by atoms with van der Waals surface area (Å²) in [7, 11) is 0. The quantitative estimate of drug-likeness (QED) is 0.844. The fraction of sp³-hybridized carbons (Fsp3) is 0.391. The maximum absolute atomic E-state index is 13.0. The van der Waals surface area contributed by atoms with Gasteiger partial charge in [0.15, 0.2) is 0 Å². The molecule has 0 saturated carbocycles. The highest BCUT2D eigenvalue weighted by atomic mass is 16.2. The van der Waals surface area contributed by atoms with Gasteiger partial charge in [-0.3, -0.25) is 9.59 Å². The molecule has 0 spiro atoms. The average molecular weight is 364 g/mol. The summed E-state index contributed by atoms with van der Waals surface area (Å²) < 4.78 is 0. The van der Waals surface area contributed by atoms with Crippen molar-refractivity contribution in [2.24, 2.45) is 5.92 Å². The van der Waals surface area contributed by atoms with Crippen LogP contribution in [0.4, 0.5) is 0 Å². The molecule has 3 rings (SSSR count). The molecule has 0 radical (unpaired) electrons. The molecule has 1 aliphatic carbocycles. The van der Waals surface area contributed by atoms with Crippen molar-refractivity contribution in [1.82, 2.24) is 10.6 Å². The summed E-state index contributed by atoms with van der Waals surface area (Å²) in [5.74, 6) is -0.335. The van der Waals surface area contributed by atoms with Crippen molar-refractivity contribution in [3.63, 3.8) is 0 Å². The van der Waals surface area contributed by atoms with Crippen LogP contribution in [0.25, 0.3) is 0 Å². The first-order valence-corrected chi connectivity index (χ1v) is 9.71. The van der Waals surface area contributed by atoms with E-state index >= 15 is 0 Å². The summed E-state index contributed by atoms with van der Waals surface area (Å²) in [6, 6.07) is 15.1. The highest BCUT2D eigenvalue weighted by Crippen LogP contribution is 2.29. The Morgan fingerprint density at radius 1 is 1.04 bits per heavy atom. The van der Waals surface area contributed by atoms with Gasteiger partial charge in [-0.05, 0) is 55.4 Å². The SMILES string of the molecule is Cc1ccc(C(=O)N[C@@H](C(=O)N[C@@H]2CCCc3ccccc32)C(C)C)cc1. The summed E-state index contributed by atoms with van der Waals surface area (Å²) in [5, 5.41) is 6.08. The standard InChI is InChI=1S/C23H28N2O2/c1-15(2)21(25-22(26)18-13-11-16(3)12-14-18)23(27)24-20-10-6-8-17-7-4-5-9-19(17)20/h4-5,7,9,11-15,20-21H,6,8,10H2,1-3H3,(H,24,27)(H,25,26)/t20-,21-/m1/s1. The van der Waals surface area contributed by atoms with Crippen LogP contribution >= 0.6 is 0 Å². The molecule has 0 heterocycles. The number of hydrogen-bond acceptors (Lipinski definition) is 2. The second kappa shape index (κ2) is 8.38. The first-order chi connectivity index (χ1) is 13.0. The Labute approximate surface area is 161 Å². The van der Waals surface area contributed by atoms with Crippen LogP contribution in [0.1, 0.15) is 59.8 Å². The lowest BCUT2D eigenvalue weighted by molar-refractivity contribution is -0.124. The van der Waals surface area contributed by atoms with E-state index in [1.807, 2.05) is 45.0 Å². The molecule has 0 bridgehead atoms. The average Bonchev–Trinajstić information content (AvgIpc) is 2.66. The lowest BCUT2D eigenvalue weighted by Gasteiger charge is -2.29. The topological polar surface area (TPSA) is 58.2 Å². The van der Waals surface area contributed by atoms with Gasteiger partial charge in [-0.15, -0.1) is 0 Å². The molecular formula is C23H28N2O2. The maximum Gasteiger partial charge on any atom is 0.251 e. The van der Waals surface area contributed by atoms with Crippen LogP contribution in [0, 0.1) is 12.8 Å². The molecule has 2 atom stereocenters. The van der Waals surface area contributed by atoms with Crippen LogP contribution in [0.3, 0.4) is 0 Å². The van der Waals surface area contributed by atoms with E-state index < -0.39 is 6.04 Å². The Bertz CT molecular complexity index is 811. The predicted molar refractivity (Wildman–Crippen MR) is 108 cm³/mol. The van der Waals surface area contributed by atoms with Crippen LogP contribution in [-0.4, -0.2) is 17.9 Å². The number of carbonyl (C=O) groups is 2. The van der Waals surface area contributed by atoms with Crippen LogP contribution in [0.15, 0.2) is 48.5 Å². The zero-order valence-corrected chi connectivity index (χ0v) is 16.3. The lowest BCUT2D eigenvalue weighted by Crippen LogP contribution is -2.50. The number of carbonyl (C=O) groups excluding carboxylic acids is 2. The molecule has 0 fully saturated rings. The molecule has 27 heavy (non-hydrogen) atoms. The van der Waals surface area contributed by atoms with Crippen molar-refractivity contribution in [3.8, 4) is 0 Å². The third-order valence-corrected chi connectivity index (χ3v) is 5.24. The van der Waals surface area contributed by atoms with Gasteiger partial charge in [0, 0.05) is 5.56 Å². The highest BCUT2D eigenvalue weighted by molar-refractivity contribution is 5.97. The van der Waals surface area contributed by atoms with Gasteiger partial charge in [-0.25, -0.2) is 0 Å². The van der Waals surface area contributed by atoms with Crippen LogP contribution < -0.4 is 10.6 Å². The first kappa shape index (κ1) is 19.2. The summed E-state index contributed by atoms with van der Waals surface area (Å²) >= 11 is 0. The van der Waals surface area contributed by atoms with E-state index in [1.54, 1.807) is 12.1 Å². The number of nitrogens with one attached hydrogen (secondary N) is 2. The van der Waals surface area contributed by atoms with Gasteiger partial charge in [-0.2, -0.15) is 0 Å². The van der Waals surface area contributed by atoms with Gasteiger partial charge >= 0.3 is 0 Å². The Morgan fingerprint density at radius 3 is 2.44 bits per heavy atom. The van der Waals surface area contributed by atoms with Gasteiger partial charge in [-0.1, -0.05) is 55.8 Å². The molecule has 2 N–H and O–H groups in total. The molecule has 142 valence electrons. The fourth-order valence-electron chi connectivity index (χ4n) is 3.63. The van der Waals surface area contributed by atoms with Crippen molar-refractivity contribution < 1.29 is 9.59 Å². The molecule has 2 aromatic rings. The molecule has 0 saturated heterocycles. The minimum absolute atomic E-state index is 0.00164. The summed E-state index contributed by atoms with van der Waals surface area (Å²) in [6.45, 7) is 5.89. The zero-order valence-electron chi connectivity index (χ0n) is 16.3. The Kier molecular flexibility index (Phi) is 5.94. The predicted octanol–water partition coefficient (Wildman–Crippen LogP) is 3.94. The van der Waals surface area contributed by atoms with Crippen LogP contribution in [0.5, 0.6) is 0 Å². The van der Waals surface area contributed by atoms with E-state index in [9.17, 15) is 9.59 Å². The van der Waals surface area contributed by atoms with Crippen molar-refractivity contribution in [3.05, 3.63) is 70.8 Å². The van der Waals surface area contributed by atoms with Gasteiger partial charge in [0.05, 0.1) is 6.04 Å². The van der Waals surface area contributed by atoms with Crippen LogP contribution in [-0.2, 0) is 11.2 Å². The lowest BCUT2D eigenvalue weighted by atomic mass is 9.87. The number of benzene rings is 2. The van der Waals surface area contributed by atoms with E-state index in [4.69, 9.17) is 0 Å². The number of aryl methyl sites for hydroxylation is 2. The number of amides is 2. The molecule has 2 amide bonds. The zero-order chi connectivity index (χ0) is 19.4. The third-order valence-electron chi connectivity index (χ3n) is 5.24. The summed E-state index contributed by atoms with van der Waals surface area (Å²) in [6.07, 6.45) is 3.05. The minimum Gasteiger partial charge on any atom is -0.347 e. The molecule has 2 aromatic carbocycles. The Hall–Kier alpha value is -2.62. The second-order valence-corrected chi connectivity index (χ2v) is 7.71. The first-order valence-electron chi connectivity index (χ1n) is 9.71. The number of fused-ring (bicyclic) bond motifs is 1. The highest BCUT2D eigenvalue weighted by Gasteiger charge is 2.28. The molecule has 0 aromatic heterocycles. The van der Waals surface area contributed by atoms with Gasteiger partial charge in [0.1, 0.15) is 6.04 Å². The smallest absolute Gasteiger partial charge is 0.251 e. The molecule has 1 aliphatic rings. The second-order valence-electron chi connectivity index (χ2n) is 7.71. The monoisotopic (exact) mass is 364 g/mol. The number of hydrogen-bond donors (Lipinski definition) is 2. The Balaban J connectivity index is 1.71. The van der Waals surface area contributed by atoms with Crippen LogP contribution in [0.2, 0.25) is 0 Å². The molecule has 4 heteroatoms. The van der Waals surface area contributed by atoms with E-state index in [0.717, 1.165) is 24.8 Å². The number of rotatable bonds is 5. The molecule has 4 nitrogen and oxygen atoms in total.